The molecule has 0 aliphatic carbocycles. The minimum absolute atomic E-state index is 0.737. The maximum atomic E-state index is 5.92. The van der Waals surface area contributed by atoms with E-state index in [1.54, 1.807) is 6.21 Å². The Morgan fingerprint density at radius 1 is 1.27 bits per heavy atom. The summed E-state index contributed by atoms with van der Waals surface area (Å²) in [6, 6.07) is 10.1. The van der Waals surface area contributed by atoms with Crippen LogP contribution in [0, 0.1) is 0 Å². The lowest BCUT2D eigenvalue weighted by Gasteiger charge is -2.26. The molecule has 1 saturated heterocycles. The molecule has 1 aromatic heterocycles. The first-order valence-corrected chi connectivity index (χ1v) is 8.31. The second-order valence-corrected chi connectivity index (χ2v) is 6.00. The molecule has 0 saturated carbocycles. The SMILES string of the molecule is CCc1ccccc1N=Cc1cc(Br)c(N2CCOCC2)o1. The molecule has 3 rings (SSSR count). The lowest BCUT2D eigenvalue weighted by Crippen LogP contribution is -2.36. The number of hydrogen-bond donors (Lipinski definition) is 0. The van der Waals surface area contributed by atoms with Crippen LogP contribution in [0.4, 0.5) is 11.6 Å². The van der Waals surface area contributed by atoms with E-state index in [0.717, 1.165) is 54.5 Å². The molecule has 0 N–H and O–H groups in total. The molecule has 4 nitrogen and oxygen atoms in total. The summed E-state index contributed by atoms with van der Waals surface area (Å²) in [6.07, 6.45) is 2.75. The fourth-order valence-corrected chi connectivity index (χ4v) is 3.05. The summed E-state index contributed by atoms with van der Waals surface area (Å²) >= 11 is 3.57. The first kappa shape index (κ1) is 15.3. The highest BCUT2D eigenvalue weighted by molar-refractivity contribution is 9.10. The maximum Gasteiger partial charge on any atom is 0.210 e. The first-order chi connectivity index (χ1) is 10.8. The Morgan fingerprint density at radius 2 is 2.05 bits per heavy atom. The molecular formula is C17H19BrN2O2. The van der Waals surface area contributed by atoms with Crippen LogP contribution in [-0.2, 0) is 11.2 Å². The Balaban J connectivity index is 1.79. The third-order valence-corrected chi connectivity index (χ3v) is 4.26. The number of aryl methyl sites for hydroxylation is 1. The fourth-order valence-electron chi connectivity index (χ4n) is 2.49. The van der Waals surface area contributed by atoms with Crippen LogP contribution in [0.15, 0.2) is 44.2 Å². The van der Waals surface area contributed by atoms with Gasteiger partial charge < -0.3 is 14.1 Å². The predicted octanol–water partition coefficient (Wildman–Crippen LogP) is 4.19. The van der Waals surface area contributed by atoms with Gasteiger partial charge in [0, 0.05) is 19.2 Å². The van der Waals surface area contributed by atoms with E-state index in [0.29, 0.717) is 0 Å². The minimum atomic E-state index is 0.737. The monoisotopic (exact) mass is 362 g/mol. The van der Waals surface area contributed by atoms with Gasteiger partial charge in [-0.2, -0.15) is 0 Å². The summed E-state index contributed by atoms with van der Waals surface area (Å²) in [7, 11) is 0. The van der Waals surface area contributed by atoms with Crippen LogP contribution >= 0.6 is 15.9 Å². The zero-order valence-electron chi connectivity index (χ0n) is 12.6. The zero-order chi connectivity index (χ0) is 15.4. The van der Waals surface area contributed by atoms with Crippen LogP contribution in [0.2, 0.25) is 0 Å². The Labute approximate surface area is 138 Å². The summed E-state index contributed by atoms with van der Waals surface area (Å²) in [5, 5.41) is 0. The maximum absolute atomic E-state index is 5.92. The molecule has 0 radical (unpaired) electrons. The van der Waals surface area contributed by atoms with Crippen molar-refractivity contribution in [1.82, 2.24) is 0 Å². The van der Waals surface area contributed by atoms with E-state index >= 15 is 0 Å². The number of anilines is 1. The Hall–Kier alpha value is -1.59. The van der Waals surface area contributed by atoms with Crippen molar-refractivity contribution in [2.75, 3.05) is 31.2 Å². The number of nitrogens with zero attached hydrogens (tertiary/aromatic N) is 2. The van der Waals surface area contributed by atoms with Crippen LogP contribution in [0.1, 0.15) is 18.2 Å². The van der Waals surface area contributed by atoms with E-state index in [-0.39, 0.29) is 0 Å². The molecule has 1 aliphatic rings. The van der Waals surface area contributed by atoms with Crippen LogP contribution in [-0.4, -0.2) is 32.5 Å². The summed E-state index contributed by atoms with van der Waals surface area (Å²) in [4.78, 5) is 6.75. The van der Waals surface area contributed by atoms with Gasteiger partial charge in [0.1, 0.15) is 5.76 Å². The van der Waals surface area contributed by atoms with Crippen molar-refractivity contribution < 1.29 is 9.15 Å². The Bertz CT molecular complexity index is 660. The van der Waals surface area contributed by atoms with Gasteiger partial charge in [0.15, 0.2) is 0 Å². The van der Waals surface area contributed by atoms with E-state index in [1.807, 2.05) is 24.3 Å². The highest BCUT2D eigenvalue weighted by atomic mass is 79.9. The molecule has 2 heterocycles. The van der Waals surface area contributed by atoms with E-state index < -0.39 is 0 Å². The van der Waals surface area contributed by atoms with Crippen molar-refractivity contribution in [3.05, 3.63) is 46.1 Å². The van der Waals surface area contributed by atoms with Gasteiger partial charge in [-0.05, 0) is 34.0 Å². The second-order valence-electron chi connectivity index (χ2n) is 5.14. The Kier molecular flexibility index (Phi) is 4.95. The van der Waals surface area contributed by atoms with Gasteiger partial charge in [-0.1, -0.05) is 25.1 Å². The smallest absolute Gasteiger partial charge is 0.210 e. The van der Waals surface area contributed by atoms with Gasteiger partial charge in [0.05, 0.1) is 29.6 Å². The molecule has 1 aliphatic heterocycles. The van der Waals surface area contributed by atoms with Crippen molar-refractivity contribution in [2.45, 2.75) is 13.3 Å². The molecule has 0 bridgehead atoms. The average Bonchev–Trinajstić information content (AvgIpc) is 2.95. The van der Waals surface area contributed by atoms with Crippen LogP contribution < -0.4 is 4.90 Å². The first-order valence-electron chi connectivity index (χ1n) is 7.52. The molecule has 2 aromatic rings. The van der Waals surface area contributed by atoms with Gasteiger partial charge in [0.2, 0.25) is 5.88 Å². The van der Waals surface area contributed by atoms with Crippen molar-refractivity contribution in [3.63, 3.8) is 0 Å². The summed E-state index contributed by atoms with van der Waals surface area (Å²) in [6.45, 7) is 5.30. The molecule has 1 fully saturated rings. The van der Waals surface area contributed by atoms with Gasteiger partial charge in [-0.15, -0.1) is 0 Å². The number of rotatable bonds is 4. The van der Waals surface area contributed by atoms with Crippen molar-refractivity contribution >= 4 is 33.7 Å². The fraction of sp³-hybridized carbons (Fsp3) is 0.353. The number of hydrogen-bond acceptors (Lipinski definition) is 4. The molecule has 0 unspecified atom stereocenters. The number of benzene rings is 1. The largest absolute Gasteiger partial charge is 0.438 e. The van der Waals surface area contributed by atoms with Crippen molar-refractivity contribution in [1.29, 1.82) is 0 Å². The molecule has 0 spiro atoms. The number of furan rings is 1. The molecule has 5 heteroatoms. The van der Waals surface area contributed by atoms with Crippen molar-refractivity contribution in [2.24, 2.45) is 4.99 Å². The molecule has 1 aromatic carbocycles. The van der Waals surface area contributed by atoms with Crippen LogP contribution in [0.3, 0.4) is 0 Å². The van der Waals surface area contributed by atoms with Crippen molar-refractivity contribution in [3.8, 4) is 0 Å². The van der Waals surface area contributed by atoms with Gasteiger partial charge in [-0.25, -0.2) is 0 Å². The topological polar surface area (TPSA) is 38.0 Å². The van der Waals surface area contributed by atoms with Crippen LogP contribution in [0.5, 0.6) is 0 Å². The van der Waals surface area contributed by atoms with E-state index in [9.17, 15) is 0 Å². The Morgan fingerprint density at radius 3 is 2.82 bits per heavy atom. The van der Waals surface area contributed by atoms with Gasteiger partial charge >= 0.3 is 0 Å². The summed E-state index contributed by atoms with van der Waals surface area (Å²) in [5.74, 6) is 1.60. The van der Waals surface area contributed by atoms with E-state index in [2.05, 4.69) is 38.8 Å². The number of para-hydroxylation sites is 1. The number of ether oxygens (including phenoxy) is 1. The third kappa shape index (κ3) is 3.42. The normalized spacial score (nSPS) is 15.6. The molecule has 0 amide bonds. The molecule has 116 valence electrons. The lowest BCUT2D eigenvalue weighted by molar-refractivity contribution is 0.120. The van der Waals surface area contributed by atoms with E-state index in [4.69, 9.17) is 9.15 Å². The second kappa shape index (κ2) is 7.11. The summed E-state index contributed by atoms with van der Waals surface area (Å²) in [5.41, 5.74) is 2.23. The van der Waals surface area contributed by atoms with Crippen LogP contribution in [0.25, 0.3) is 0 Å². The number of halogens is 1. The molecule has 22 heavy (non-hydrogen) atoms. The standard InChI is InChI=1S/C17H19BrN2O2/c1-2-13-5-3-4-6-16(13)19-12-14-11-15(18)17(22-14)20-7-9-21-10-8-20/h3-6,11-12H,2,7-10H2,1H3. The highest BCUT2D eigenvalue weighted by Gasteiger charge is 2.18. The van der Waals surface area contributed by atoms with E-state index in [1.165, 1.54) is 5.56 Å². The highest BCUT2D eigenvalue weighted by Crippen LogP contribution is 2.30. The minimum Gasteiger partial charge on any atom is -0.438 e. The number of aliphatic imine (C=N–C) groups is 1. The lowest BCUT2D eigenvalue weighted by atomic mass is 10.1. The predicted molar refractivity (Wildman–Crippen MR) is 92.5 cm³/mol. The molecular weight excluding hydrogens is 344 g/mol. The zero-order valence-corrected chi connectivity index (χ0v) is 14.2. The quantitative estimate of drug-likeness (QED) is 0.765. The average molecular weight is 363 g/mol. The molecule has 0 atom stereocenters. The van der Waals surface area contributed by atoms with Gasteiger partial charge in [0.25, 0.3) is 0 Å². The number of morpholine rings is 1. The summed E-state index contributed by atoms with van der Waals surface area (Å²) < 4.78 is 12.3. The third-order valence-electron chi connectivity index (χ3n) is 3.69. The van der Waals surface area contributed by atoms with Gasteiger partial charge in [-0.3, -0.25) is 4.99 Å².